The first-order valence-electron chi connectivity index (χ1n) is 13.5. The van der Waals surface area contributed by atoms with Crippen molar-refractivity contribution in [1.29, 1.82) is 0 Å². The number of carbonyl (C=O) groups is 2. The minimum absolute atomic E-state index is 0.0260. The highest BCUT2D eigenvalue weighted by Gasteiger charge is 2.40. The predicted octanol–water partition coefficient (Wildman–Crippen LogP) is 3.35. The molecule has 2 aromatic rings. The van der Waals surface area contributed by atoms with Crippen molar-refractivity contribution in [3.63, 3.8) is 0 Å². The van der Waals surface area contributed by atoms with E-state index >= 15 is 0 Å². The normalized spacial score (nSPS) is 23.2. The predicted molar refractivity (Wildman–Crippen MR) is 146 cm³/mol. The SMILES string of the molecule is O=C(C[C@@H]1C(=O)NCCN1S(=O)(=O)c1ccc(Cl)cc1)N[C@@H]1CCCc2cc(CN3CCC(F)CC3)ccc21. The molecular formula is C28H34ClFN4O4S. The van der Waals surface area contributed by atoms with Crippen LogP contribution >= 0.6 is 11.6 Å². The summed E-state index contributed by atoms with van der Waals surface area (Å²) in [5.74, 6) is -0.858. The zero-order valence-corrected chi connectivity index (χ0v) is 23.3. The standard InChI is InChI=1S/C28H34ClFN4O4S/c29-21-5-7-23(8-6-21)39(37,38)34-15-12-31-28(36)26(34)17-27(35)32-25-3-1-2-20-16-19(4-9-24(20)25)18-33-13-10-22(30)11-14-33/h4-9,16,22,25-26H,1-3,10-15,17-18H2,(H,31,36)(H,32,35)/t25-,26-/m1/s1. The molecule has 0 aromatic heterocycles. The van der Waals surface area contributed by atoms with Crippen molar-refractivity contribution in [2.45, 2.75) is 68.2 Å². The lowest BCUT2D eigenvalue weighted by molar-refractivity contribution is -0.132. The molecule has 11 heteroatoms. The van der Waals surface area contributed by atoms with Crippen LogP contribution < -0.4 is 10.6 Å². The quantitative estimate of drug-likeness (QED) is 0.527. The van der Waals surface area contributed by atoms with Crippen LogP contribution in [0.15, 0.2) is 47.4 Å². The van der Waals surface area contributed by atoms with Crippen molar-refractivity contribution < 1.29 is 22.4 Å². The van der Waals surface area contributed by atoms with Gasteiger partial charge in [-0.1, -0.05) is 29.8 Å². The van der Waals surface area contributed by atoms with E-state index in [-0.39, 0.29) is 36.4 Å². The maximum Gasteiger partial charge on any atom is 0.243 e. The Morgan fingerprint density at radius 3 is 2.56 bits per heavy atom. The molecule has 0 radical (unpaired) electrons. The molecule has 0 unspecified atom stereocenters. The first kappa shape index (κ1) is 28.0. The minimum Gasteiger partial charge on any atom is -0.353 e. The van der Waals surface area contributed by atoms with E-state index in [1.54, 1.807) is 0 Å². The Hall–Kier alpha value is -2.53. The Labute approximate surface area is 233 Å². The van der Waals surface area contributed by atoms with Gasteiger partial charge in [0.15, 0.2) is 0 Å². The average molecular weight is 577 g/mol. The Morgan fingerprint density at radius 1 is 1.08 bits per heavy atom. The number of fused-ring (bicyclic) bond motifs is 1. The highest BCUT2D eigenvalue weighted by atomic mass is 35.5. The van der Waals surface area contributed by atoms with E-state index in [1.807, 2.05) is 0 Å². The molecule has 3 aliphatic rings. The van der Waals surface area contributed by atoms with Crippen molar-refractivity contribution in [2.24, 2.45) is 0 Å². The summed E-state index contributed by atoms with van der Waals surface area (Å²) in [4.78, 5) is 28.2. The summed E-state index contributed by atoms with van der Waals surface area (Å²) in [5, 5.41) is 6.15. The van der Waals surface area contributed by atoms with E-state index in [9.17, 15) is 22.4 Å². The van der Waals surface area contributed by atoms with Crippen LogP contribution in [0.25, 0.3) is 0 Å². The summed E-state index contributed by atoms with van der Waals surface area (Å²) in [5.41, 5.74) is 3.42. The van der Waals surface area contributed by atoms with Gasteiger partial charge >= 0.3 is 0 Å². The topological polar surface area (TPSA) is 98.8 Å². The lowest BCUT2D eigenvalue weighted by Crippen LogP contribution is -2.58. The number of carbonyl (C=O) groups excluding carboxylic acids is 2. The van der Waals surface area contributed by atoms with Gasteiger partial charge < -0.3 is 10.6 Å². The monoisotopic (exact) mass is 576 g/mol. The van der Waals surface area contributed by atoms with Crippen LogP contribution in [0, 0.1) is 0 Å². The van der Waals surface area contributed by atoms with Gasteiger partial charge in [-0.2, -0.15) is 4.31 Å². The van der Waals surface area contributed by atoms with E-state index in [2.05, 4.69) is 33.7 Å². The molecule has 1 aliphatic carbocycles. The van der Waals surface area contributed by atoms with Gasteiger partial charge in [0.25, 0.3) is 0 Å². The molecule has 2 aliphatic heterocycles. The number of likely N-dealkylation sites (tertiary alicyclic amines) is 1. The Bertz CT molecular complexity index is 1320. The molecule has 2 heterocycles. The zero-order valence-electron chi connectivity index (χ0n) is 21.7. The summed E-state index contributed by atoms with van der Waals surface area (Å²) >= 11 is 5.91. The molecule has 5 rings (SSSR count). The minimum atomic E-state index is -4.00. The fourth-order valence-corrected chi connectivity index (χ4v) is 7.49. The molecule has 2 aromatic carbocycles. The summed E-state index contributed by atoms with van der Waals surface area (Å²) in [7, 11) is -4.00. The number of hydrogen-bond donors (Lipinski definition) is 2. The van der Waals surface area contributed by atoms with Gasteiger partial charge in [-0.3, -0.25) is 14.5 Å². The number of alkyl halides is 1. The van der Waals surface area contributed by atoms with Crippen LogP contribution in [0.1, 0.15) is 54.8 Å². The molecule has 0 bridgehead atoms. The Kier molecular flexibility index (Phi) is 8.56. The van der Waals surface area contributed by atoms with E-state index in [4.69, 9.17) is 11.6 Å². The smallest absolute Gasteiger partial charge is 0.243 e. The van der Waals surface area contributed by atoms with Crippen LogP contribution in [-0.4, -0.2) is 67.8 Å². The summed E-state index contributed by atoms with van der Waals surface area (Å²) in [6.07, 6.45) is 2.79. The highest BCUT2D eigenvalue weighted by Crippen LogP contribution is 2.31. The number of nitrogens with one attached hydrogen (secondary N) is 2. The van der Waals surface area contributed by atoms with E-state index in [1.165, 1.54) is 35.4 Å². The molecule has 2 saturated heterocycles. The second-order valence-corrected chi connectivity index (χ2v) is 12.9. The van der Waals surface area contributed by atoms with Gasteiger partial charge in [0.05, 0.1) is 17.4 Å². The van der Waals surface area contributed by atoms with Crippen molar-refractivity contribution in [1.82, 2.24) is 19.8 Å². The fraction of sp³-hybridized carbons (Fsp3) is 0.500. The lowest BCUT2D eigenvalue weighted by atomic mass is 9.86. The van der Waals surface area contributed by atoms with E-state index < -0.39 is 28.1 Å². The first-order valence-corrected chi connectivity index (χ1v) is 15.3. The lowest BCUT2D eigenvalue weighted by Gasteiger charge is -2.34. The van der Waals surface area contributed by atoms with Gasteiger partial charge in [-0.05, 0) is 73.1 Å². The third-order valence-corrected chi connectivity index (χ3v) is 10.0. The number of aryl methyl sites for hydroxylation is 1. The van der Waals surface area contributed by atoms with Crippen molar-refractivity contribution in [2.75, 3.05) is 26.2 Å². The van der Waals surface area contributed by atoms with Crippen LogP contribution in [-0.2, 0) is 32.6 Å². The average Bonchev–Trinajstić information content (AvgIpc) is 2.91. The molecule has 0 spiro atoms. The number of piperazine rings is 1. The molecular weight excluding hydrogens is 543 g/mol. The van der Waals surface area contributed by atoms with Crippen LogP contribution in [0.5, 0.6) is 0 Å². The summed E-state index contributed by atoms with van der Waals surface area (Å²) in [6, 6.07) is 10.7. The number of rotatable bonds is 7. The number of hydrogen-bond acceptors (Lipinski definition) is 5. The molecule has 210 valence electrons. The number of benzene rings is 2. The van der Waals surface area contributed by atoms with Crippen LogP contribution in [0.3, 0.4) is 0 Å². The van der Waals surface area contributed by atoms with Gasteiger partial charge in [-0.15, -0.1) is 0 Å². The molecule has 8 nitrogen and oxygen atoms in total. The zero-order chi connectivity index (χ0) is 27.6. The number of amides is 2. The maximum absolute atomic E-state index is 13.5. The number of halogens is 2. The number of piperidine rings is 1. The summed E-state index contributed by atoms with van der Waals surface area (Å²) in [6.45, 7) is 2.55. The molecule has 0 saturated carbocycles. The van der Waals surface area contributed by atoms with Crippen molar-refractivity contribution in [3.05, 3.63) is 64.2 Å². The second-order valence-electron chi connectivity index (χ2n) is 10.6. The third kappa shape index (κ3) is 6.45. The van der Waals surface area contributed by atoms with E-state index in [0.29, 0.717) is 17.9 Å². The van der Waals surface area contributed by atoms with Gasteiger partial charge in [0.1, 0.15) is 12.2 Å². The molecule has 2 fully saturated rings. The summed E-state index contributed by atoms with van der Waals surface area (Å²) < 4.78 is 41.3. The van der Waals surface area contributed by atoms with Crippen LogP contribution in [0.2, 0.25) is 5.02 Å². The maximum atomic E-state index is 13.5. The molecule has 2 amide bonds. The number of sulfonamides is 1. The Morgan fingerprint density at radius 2 is 1.82 bits per heavy atom. The highest BCUT2D eigenvalue weighted by molar-refractivity contribution is 7.89. The van der Waals surface area contributed by atoms with Crippen molar-refractivity contribution >= 4 is 33.4 Å². The van der Waals surface area contributed by atoms with Gasteiger partial charge in [0, 0.05) is 37.7 Å². The Balaban J connectivity index is 1.26. The van der Waals surface area contributed by atoms with Gasteiger partial charge in [-0.25, -0.2) is 12.8 Å². The fourth-order valence-electron chi connectivity index (χ4n) is 5.78. The molecule has 2 N–H and O–H groups in total. The van der Waals surface area contributed by atoms with Crippen molar-refractivity contribution in [3.8, 4) is 0 Å². The second kappa shape index (κ2) is 11.9. The number of nitrogens with zero attached hydrogens (tertiary/aromatic N) is 2. The molecule has 2 atom stereocenters. The van der Waals surface area contributed by atoms with Crippen LogP contribution in [0.4, 0.5) is 4.39 Å². The third-order valence-electron chi connectivity index (χ3n) is 7.86. The largest absolute Gasteiger partial charge is 0.353 e. The van der Waals surface area contributed by atoms with Gasteiger partial charge in [0.2, 0.25) is 21.8 Å². The van der Waals surface area contributed by atoms with E-state index in [0.717, 1.165) is 48.8 Å². The molecule has 39 heavy (non-hydrogen) atoms. The first-order chi connectivity index (χ1) is 18.7.